The molecule has 2 N–H and O–H groups in total. The average Bonchev–Trinajstić information content (AvgIpc) is 3.50. The zero-order valence-corrected chi connectivity index (χ0v) is 28.2. The highest BCUT2D eigenvalue weighted by Crippen LogP contribution is 2.28. The van der Waals surface area contributed by atoms with Gasteiger partial charge < -0.3 is 24.7 Å². The van der Waals surface area contributed by atoms with Gasteiger partial charge in [0.1, 0.15) is 11.2 Å². The Balaban J connectivity index is 1.46. The molecule has 0 aliphatic carbocycles. The van der Waals surface area contributed by atoms with E-state index < -0.39 is 34.6 Å². The fourth-order valence-corrected chi connectivity index (χ4v) is 5.18. The van der Waals surface area contributed by atoms with Gasteiger partial charge in [0.05, 0.1) is 41.9 Å². The molecule has 47 heavy (non-hydrogen) atoms. The van der Waals surface area contributed by atoms with Crippen molar-refractivity contribution in [2.75, 3.05) is 5.32 Å². The van der Waals surface area contributed by atoms with Crippen LogP contribution < -0.4 is 21.9 Å². The monoisotopic (exact) mass is 664 g/mol. The van der Waals surface area contributed by atoms with E-state index in [9.17, 15) is 19.2 Å². The van der Waals surface area contributed by atoms with Crippen LogP contribution in [0.15, 0.2) is 52.2 Å². The Labute approximate surface area is 274 Å². The first kappa shape index (κ1) is 33.3. The van der Waals surface area contributed by atoms with Crippen LogP contribution in [0.1, 0.15) is 52.9 Å². The fourth-order valence-electron chi connectivity index (χ4n) is 4.95. The minimum Gasteiger partial charge on any atom is -0.444 e. The Kier molecular flexibility index (Phi) is 8.67. The van der Waals surface area contributed by atoms with Gasteiger partial charge in [0.2, 0.25) is 5.95 Å². The van der Waals surface area contributed by atoms with Gasteiger partial charge in [-0.25, -0.2) is 19.0 Å². The predicted molar refractivity (Wildman–Crippen MR) is 178 cm³/mol. The number of aryl methyl sites for hydroxylation is 2. The maximum Gasteiger partial charge on any atom is 0.419 e. The molecule has 0 radical (unpaired) electrons. The Morgan fingerprint density at radius 1 is 0.957 bits per heavy atom. The van der Waals surface area contributed by atoms with Crippen molar-refractivity contribution in [3.05, 3.63) is 79.8 Å². The van der Waals surface area contributed by atoms with E-state index in [1.807, 2.05) is 0 Å². The molecular weight excluding hydrogens is 628 g/mol. The average molecular weight is 665 g/mol. The highest BCUT2D eigenvalue weighted by atomic mass is 35.5. The molecule has 1 aromatic carbocycles. The molecule has 4 heterocycles. The summed E-state index contributed by atoms with van der Waals surface area (Å²) in [5, 5.41) is 6.77. The number of nitrogens with one attached hydrogen (secondary N) is 2. The molecule has 0 aliphatic heterocycles. The number of amides is 1. The van der Waals surface area contributed by atoms with Gasteiger partial charge in [-0.2, -0.15) is 4.98 Å². The Hall–Kier alpha value is -5.11. The van der Waals surface area contributed by atoms with Crippen LogP contribution in [-0.4, -0.2) is 51.6 Å². The van der Waals surface area contributed by atoms with Crippen LogP contribution in [0.3, 0.4) is 0 Å². The highest BCUT2D eigenvalue weighted by Gasteiger charge is 2.25. The summed E-state index contributed by atoms with van der Waals surface area (Å²) in [6.45, 7) is 10.5. The van der Waals surface area contributed by atoms with Gasteiger partial charge in [0, 0.05) is 24.5 Å². The number of carbonyl (C=O) groups excluding carboxylic acids is 2. The first-order valence-corrected chi connectivity index (χ1v) is 15.2. The lowest BCUT2D eigenvalue weighted by Gasteiger charge is -2.21. The van der Waals surface area contributed by atoms with Crippen molar-refractivity contribution < 1.29 is 19.1 Å². The molecule has 0 spiro atoms. The van der Waals surface area contributed by atoms with Crippen molar-refractivity contribution in [3.8, 4) is 0 Å². The van der Waals surface area contributed by atoms with Gasteiger partial charge >= 0.3 is 17.9 Å². The molecule has 15 heteroatoms. The third-order valence-electron chi connectivity index (χ3n) is 7.02. The normalized spacial score (nSPS) is 12.0. The molecule has 0 saturated heterocycles. The fraction of sp³-hybridized carbons (Fsp3) is 0.375. The van der Waals surface area contributed by atoms with E-state index in [4.69, 9.17) is 21.1 Å². The van der Waals surface area contributed by atoms with E-state index in [0.29, 0.717) is 38.9 Å². The number of imidazole rings is 1. The number of halogens is 1. The molecule has 0 saturated carbocycles. The molecule has 0 aliphatic rings. The highest BCUT2D eigenvalue weighted by molar-refractivity contribution is 6.35. The smallest absolute Gasteiger partial charge is 0.419 e. The number of hydrogen-bond donors (Lipinski definition) is 2. The van der Waals surface area contributed by atoms with Gasteiger partial charge in [0.25, 0.3) is 5.56 Å². The largest absolute Gasteiger partial charge is 0.444 e. The second kappa shape index (κ2) is 12.2. The summed E-state index contributed by atoms with van der Waals surface area (Å²) in [5.41, 5.74) is -0.299. The Morgan fingerprint density at radius 2 is 1.66 bits per heavy atom. The number of aromatic nitrogens is 6. The lowest BCUT2D eigenvalue weighted by Crippen LogP contribution is -2.40. The Bertz CT molecular complexity index is 2130. The SMILES string of the molecule is Cn1c(Nc2ccc(CNC(=O)OC(C)(C)C)nc2)nc2c1c(=O)n(Cc1cc3c(Cl)cccc3n1C(=O)OC(C)(C)C)c(=O)n2C. The number of nitrogens with zero attached hydrogens (tertiary/aromatic N) is 6. The summed E-state index contributed by atoms with van der Waals surface area (Å²) < 4.78 is 16.1. The van der Waals surface area contributed by atoms with Crippen LogP contribution >= 0.6 is 11.6 Å². The first-order chi connectivity index (χ1) is 21.9. The van der Waals surface area contributed by atoms with Crippen LogP contribution in [0.4, 0.5) is 21.2 Å². The predicted octanol–water partition coefficient (Wildman–Crippen LogP) is 5.04. The summed E-state index contributed by atoms with van der Waals surface area (Å²) in [5.74, 6) is 0.293. The number of benzene rings is 1. The maximum absolute atomic E-state index is 13.9. The zero-order valence-electron chi connectivity index (χ0n) is 27.5. The maximum atomic E-state index is 13.9. The number of ether oxygens (including phenoxy) is 2. The molecule has 0 unspecified atom stereocenters. The lowest BCUT2D eigenvalue weighted by atomic mass is 10.2. The quantitative estimate of drug-likeness (QED) is 0.254. The van der Waals surface area contributed by atoms with Crippen LogP contribution in [0.25, 0.3) is 22.1 Å². The van der Waals surface area contributed by atoms with Crippen molar-refractivity contribution in [1.82, 2.24) is 33.6 Å². The summed E-state index contributed by atoms with van der Waals surface area (Å²) in [6.07, 6.45) is 0.346. The third kappa shape index (κ3) is 7.02. The van der Waals surface area contributed by atoms with Gasteiger partial charge in [-0.05, 0) is 71.9 Å². The van der Waals surface area contributed by atoms with E-state index in [0.717, 1.165) is 4.57 Å². The van der Waals surface area contributed by atoms with Crippen molar-refractivity contribution >= 4 is 57.5 Å². The third-order valence-corrected chi connectivity index (χ3v) is 7.35. The topological polar surface area (TPSA) is 156 Å². The molecule has 248 valence electrons. The van der Waals surface area contributed by atoms with E-state index in [1.165, 1.54) is 16.2 Å². The number of rotatable bonds is 6. The first-order valence-electron chi connectivity index (χ1n) is 14.8. The second-order valence-corrected chi connectivity index (χ2v) is 13.4. The van der Waals surface area contributed by atoms with Crippen LogP contribution in [0.2, 0.25) is 5.02 Å². The standard InChI is InChI=1S/C32H37ClN8O6/c1-31(2,3)46-28(43)35-15-18-12-13-19(16-34-18)36-27-37-25-24(38(27)7)26(42)40(29(44)39(25)8)17-20-14-21-22(33)10-9-11-23(21)41(20)30(45)47-32(4,5)6/h9-14,16H,15,17H2,1-8H3,(H,35,43)(H,36,37). The van der Waals surface area contributed by atoms with Crippen LogP contribution in [-0.2, 0) is 36.7 Å². The Morgan fingerprint density at radius 3 is 2.30 bits per heavy atom. The van der Waals surface area contributed by atoms with Crippen LogP contribution in [0, 0.1) is 0 Å². The van der Waals surface area contributed by atoms with Gasteiger partial charge in [-0.15, -0.1) is 0 Å². The van der Waals surface area contributed by atoms with Crippen molar-refractivity contribution in [2.24, 2.45) is 14.1 Å². The number of fused-ring (bicyclic) bond motifs is 2. The minimum absolute atomic E-state index is 0.165. The number of carbonyl (C=O) groups is 2. The van der Waals surface area contributed by atoms with Gasteiger partial charge in [0.15, 0.2) is 11.2 Å². The van der Waals surface area contributed by atoms with Gasteiger partial charge in [-0.1, -0.05) is 17.7 Å². The van der Waals surface area contributed by atoms with E-state index in [2.05, 4.69) is 20.6 Å². The number of anilines is 2. The van der Waals surface area contributed by atoms with E-state index in [-0.39, 0.29) is 24.3 Å². The van der Waals surface area contributed by atoms with Crippen molar-refractivity contribution in [1.29, 1.82) is 0 Å². The summed E-state index contributed by atoms with van der Waals surface area (Å²) >= 11 is 6.45. The lowest BCUT2D eigenvalue weighted by molar-refractivity contribution is 0.0517. The summed E-state index contributed by atoms with van der Waals surface area (Å²) in [6, 6.07) is 10.3. The molecular formula is C32H37ClN8O6. The molecule has 5 aromatic rings. The number of alkyl carbamates (subject to hydrolysis) is 1. The molecule has 1 amide bonds. The molecule has 5 rings (SSSR count). The van der Waals surface area contributed by atoms with E-state index in [1.54, 1.807) is 95.8 Å². The van der Waals surface area contributed by atoms with Crippen LogP contribution in [0.5, 0.6) is 0 Å². The number of hydrogen-bond acceptors (Lipinski definition) is 9. The van der Waals surface area contributed by atoms with Crippen molar-refractivity contribution in [3.63, 3.8) is 0 Å². The zero-order chi connectivity index (χ0) is 34.4. The van der Waals surface area contributed by atoms with Crippen molar-refractivity contribution in [2.45, 2.75) is 65.8 Å². The molecule has 0 fully saturated rings. The molecule has 4 aromatic heterocycles. The van der Waals surface area contributed by atoms with E-state index >= 15 is 0 Å². The summed E-state index contributed by atoms with van der Waals surface area (Å²) in [7, 11) is 3.17. The second-order valence-electron chi connectivity index (χ2n) is 13.0. The molecule has 0 bridgehead atoms. The molecule has 14 nitrogen and oxygen atoms in total. The molecule has 0 atom stereocenters. The summed E-state index contributed by atoms with van der Waals surface area (Å²) in [4.78, 5) is 61.7. The number of pyridine rings is 1. The minimum atomic E-state index is -0.791. The van der Waals surface area contributed by atoms with Gasteiger partial charge in [-0.3, -0.25) is 18.9 Å².